The number of aryl methyl sites for hydroxylation is 1. The SMILES string of the molecule is Cc1cc2c(c(C(C)(C)c3ccccc3)c1)-c1ccc(CC(C)C(C)C(C)(C)c3ccccc3)cc1C2. The molecule has 2 unspecified atom stereocenters. The first-order valence-corrected chi connectivity index (χ1v) is 14.0. The van der Waals surface area contributed by atoms with Gasteiger partial charge in [-0.05, 0) is 81.5 Å². The summed E-state index contributed by atoms with van der Waals surface area (Å²) >= 11 is 0. The summed E-state index contributed by atoms with van der Waals surface area (Å²) in [5.41, 5.74) is 13.0. The molecule has 0 N–H and O–H groups in total. The minimum absolute atomic E-state index is 0.0510. The average molecular weight is 487 g/mol. The first-order chi connectivity index (χ1) is 17.6. The Hall–Kier alpha value is -3.12. The fourth-order valence-electron chi connectivity index (χ4n) is 6.58. The van der Waals surface area contributed by atoms with Crippen LogP contribution >= 0.6 is 0 Å². The maximum Gasteiger partial charge on any atom is 0.0152 e. The van der Waals surface area contributed by atoms with Gasteiger partial charge in [-0.2, -0.15) is 0 Å². The number of fused-ring (bicyclic) bond motifs is 3. The third kappa shape index (κ3) is 4.68. The Labute approximate surface area is 224 Å². The largest absolute Gasteiger partial charge is 0.0622 e. The van der Waals surface area contributed by atoms with Gasteiger partial charge in [0, 0.05) is 5.41 Å². The molecule has 2 atom stereocenters. The normalized spacial score (nSPS) is 14.7. The monoisotopic (exact) mass is 486 g/mol. The summed E-state index contributed by atoms with van der Waals surface area (Å²) in [5, 5.41) is 0. The van der Waals surface area contributed by atoms with E-state index in [2.05, 4.69) is 139 Å². The Balaban J connectivity index is 1.44. The second-order valence-electron chi connectivity index (χ2n) is 12.6. The van der Waals surface area contributed by atoms with Crippen molar-refractivity contribution in [1.82, 2.24) is 0 Å². The highest BCUT2D eigenvalue weighted by Gasteiger charge is 2.33. The van der Waals surface area contributed by atoms with Gasteiger partial charge in [-0.3, -0.25) is 0 Å². The van der Waals surface area contributed by atoms with Crippen LogP contribution < -0.4 is 0 Å². The molecule has 190 valence electrons. The van der Waals surface area contributed by atoms with Crippen molar-refractivity contribution in [1.29, 1.82) is 0 Å². The number of benzene rings is 4. The lowest BCUT2D eigenvalue weighted by molar-refractivity contribution is 0.247. The van der Waals surface area contributed by atoms with Gasteiger partial charge >= 0.3 is 0 Å². The lowest BCUT2D eigenvalue weighted by Crippen LogP contribution is -2.32. The zero-order chi connectivity index (χ0) is 26.4. The fourth-order valence-corrected chi connectivity index (χ4v) is 6.58. The highest BCUT2D eigenvalue weighted by molar-refractivity contribution is 5.81. The van der Waals surface area contributed by atoms with Crippen LogP contribution in [0, 0.1) is 18.8 Å². The van der Waals surface area contributed by atoms with Crippen LogP contribution in [0.4, 0.5) is 0 Å². The molecule has 0 amide bonds. The quantitative estimate of drug-likeness (QED) is 0.215. The van der Waals surface area contributed by atoms with E-state index in [-0.39, 0.29) is 10.8 Å². The molecule has 0 bridgehead atoms. The topological polar surface area (TPSA) is 0 Å². The summed E-state index contributed by atoms with van der Waals surface area (Å²) in [7, 11) is 0. The Morgan fingerprint density at radius 3 is 1.97 bits per heavy atom. The molecule has 37 heavy (non-hydrogen) atoms. The van der Waals surface area contributed by atoms with E-state index in [0.29, 0.717) is 11.8 Å². The van der Waals surface area contributed by atoms with Crippen molar-refractivity contribution < 1.29 is 0 Å². The summed E-state index contributed by atoms with van der Waals surface area (Å²) in [4.78, 5) is 0. The van der Waals surface area contributed by atoms with Gasteiger partial charge in [0.1, 0.15) is 0 Å². The van der Waals surface area contributed by atoms with Gasteiger partial charge in [-0.15, -0.1) is 0 Å². The van der Waals surface area contributed by atoms with E-state index in [1.54, 1.807) is 0 Å². The van der Waals surface area contributed by atoms with Crippen molar-refractivity contribution in [2.45, 2.75) is 72.1 Å². The van der Waals surface area contributed by atoms with Crippen molar-refractivity contribution in [3.63, 3.8) is 0 Å². The van der Waals surface area contributed by atoms with Gasteiger partial charge in [0.05, 0.1) is 0 Å². The zero-order valence-corrected chi connectivity index (χ0v) is 23.7. The van der Waals surface area contributed by atoms with Gasteiger partial charge in [-0.1, -0.05) is 138 Å². The summed E-state index contributed by atoms with van der Waals surface area (Å²) < 4.78 is 0. The van der Waals surface area contributed by atoms with Crippen molar-refractivity contribution >= 4 is 0 Å². The zero-order valence-electron chi connectivity index (χ0n) is 23.7. The Bertz CT molecular complexity index is 1390. The standard InChI is InChI=1S/C37H42/c1-25-20-30-24-29-23-28(22-26(2)27(3)36(4,5)31-14-10-8-11-15-31)18-19-33(29)35(30)34(21-25)37(6,7)32-16-12-9-13-17-32/h8-21,23,26-27H,22,24H2,1-7H3. The van der Waals surface area contributed by atoms with E-state index >= 15 is 0 Å². The van der Waals surface area contributed by atoms with Crippen LogP contribution in [0.15, 0.2) is 91.0 Å². The molecular weight excluding hydrogens is 444 g/mol. The molecule has 0 nitrogen and oxygen atoms in total. The predicted octanol–water partition coefficient (Wildman–Crippen LogP) is 9.68. The minimum atomic E-state index is -0.0510. The Morgan fingerprint density at radius 2 is 1.32 bits per heavy atom. The highest BCUT2D eigenvalue weighted by atomic mass is 14.4. The van der Waals surface area contributed by atoms with Gasteiger partial charge in [0.2, 0.25) is 0 Å². The summed E-state index contributed by atoms with van der Waals surface area (Å²) in [6.07, 6.45) is 2.15. The average Bonchev–Trinajstić information content (AvgIpc) is 3.25. The molecule has 5 rings (SSSR count). The van der Waals surface area contributed by atoms with Crippen molar-refractivity contribution in [3.05, 3.63) is 130 Å². The molecule has 0 spiro atoms. The smallest absolute Gasteiger partial charge is 0.0152 e. The second kappa shape index (κ2) is 9.64. The van der Waals surface area contributed by atoms with Gasteiger partial charge in [0.15, 0.2) is 0 Å². The number of hydrogen-bond acceptors (Lipinski definition) is 0. The molecule has 0 heterocycles. The summed E-state index contributed by atoms with van der Waals surface area (Å²) in [5.74, 6) is 1.16. The van der Waals surface area contributed by atoms with Crippen molar-refractivity contribution in [2.24, 2.45) is 11.8 Å². The van der Waals surface area contributed by atoms with Crippen molar-refractivity contribution in [3.8, 4) is 11.1 Å². The minimum Gasteiger partial charge on any atom is -0.0622 e. The maximum absolute atomic E-state index is 2.50. The first kappa shape index (κ1) is 25.5. The summed E-state index contributed by atoms with van der Waals surface area (Å²) in [6.45, 7) is 16.7. The Kier molecular flexibility index (Phi) is 6.65. The molecule has 0 radical (unpaired) electrons. The lowest BCUT2D eigenvalue weighted by Gasteiger charge is -2.36. The molecule has 0 heteroatoms. The number of rotatable bonds is 7. The predicted molar refractivity (Wildman–Crippen MR) is 159 cm³/mol. The van der Waals surface area contributed by atoms with E-state index in [9.17, 15) is 0 Å². The van der Waals surface area contributed by atoms with Gasteiger partial charge < -0.3 is 0 Å². The van der Waals surface area contributed by atoms with Crippen molar-refractivity contribution in [2.75, 3.05) is 0 Å². The second-order valence-corrected chi connectivity index (χ2v) is 12.6. The van der Waals surface area contributed by atoms with E-state index in [1.165, 1.54) is 50.1 Å². The van der Waals surface area contributed by atoms with E-state index in [0.717, 1.165) is 12.8 Å². The van der Waals surface area contributed by atoms with Crippen LogP contribution in [0.2, 0.25) is 0 Å². The van der Waals surface area contributed by atoms with Crippen LogP contribution in [0.5, 0.6) is 0 Å². The molecule has 0 saturated heterocycles. The Morgan fingerprint density at radius 1 is 0.703 bits per heavy atom. The fraction of sp³-hybridized carbons (Fsp3) is 0.351. The lowest BCUT2D eigenvalue weighted by atomic mass is 9.68. The molecule has 1 aliphatic carbocycles. The molecule has 1 aliphatic rings. The van der Waals surface area contributed by atoms with Crippen LogP contribution in [-0.4, -0.2) is 0 Å². The molecular formula is C37H42. The van der Waals surface area contributed by atoms with Crippen LogP contribution in [-0.2, 0) is 23.7 Å². The van der Waals surface area contributed by atoms with Gasteiger partial charge in [0.25, 0.3) is 0 Å². The molecule has 0 aliphatic heterocycles. The van der Waals surface area contributed by atoms with Crippen LogP contribution in [0.25, 0.3) is 11.1 Å². The first-order valence-electron chi connectivity index (χ1n) is 14.0. The third-order valence-corrected chi connectivity index (χ3v) is 9.42. The molecule has 0 saturated carbocycles. The molecule has 0 fully saturated rings. The van der Waals surface area contributed by atoms with E-state index < -0.39 is 0 Å². The molecule has 0 aromatic heterocycles. The molecule has 4 aromatic carbocycles. The molecule has 4 aromatic rings. The van der Waals surface area contributed by atoms with E-state index in [4.69, 9.17) is 0 Å². The van der Waals surface area contributed by atoms with E-state index in [1.807, 2.05) is 0 Å². The summed E-state index contributed by atoms with van der Waals surface area (Å²) in [6, 6.07) is 34.1. The third-order valence-electron chi connectivity index (χ3n) is 9.42. The van der Waals surface area contributed by atoms with Gasteiger partial charge in [-0.25, -0.2) is 0 Å². The van der Waals surface area contributed by atoms with Crippen LogP contribution in [0.1, 0.15) is 80.5 Å². The van der Waals surface area contributed by atoms with Crippen LogP contribution in [0.3, 0.4) is 0 Å². The maximum atomic E-state index is 2.50. The number of hydrogen-bond donors (Lipinski definition) is 0. The highest BCUT2D eigenvalue weighted by Crippen LogP contribution is 2.46.